The molecule has 0 unspecified atom stereocenters. The number of carbonyl (C=O) groups is 1. The smallest absolute Gasteiger partial charge is 0.319 e. The first kappa shape index (κ1) is 19.9. The minimum Gasteiger partial charge on any atom is -0.383 e. The van der Waals surface area contributed by atoms with E-state index in [0.29, 0.717) is 6.54 Å². The summed E-state index contributed by atoms with van der Waals surface area (Å²) in [6, 6.07) is 9.49. The summed E-state index contributed by atoms with van der Waals surface area (Å²) in [6.07, 6.45) is 0.888. The standard InChI is InChI=1S/C19H29N5O2/c1-15-13-16(2)24(22-15)18-8-5-7-17(14-18)21-19(25)20-9-6-10-23(3)11-12-26-4/h5,7-8,13-14H,6,9-12H2,1-4H3,(H2,20,21,25). The second-order valence-electron chi connectivity index (χ2n) is 6.42. The number of likely N-dealkylation sites (N-methyl/N-ethyl adjacent to an activating group) is 1. The van der Waals surface area contributed by atoms with E-state index >= 15 is 0 Å². The van der Waals surface area contributed by atoms with Gasteiger partial charge in [-0.25, -0.2) is 9.48 Å². The van der Waals surface area contributed by atoms with Crippen LogP contribution < -0.4 is 10.6 Å². The Morgan fingerprint density at radius 1 is 1.27 bits per heavy atom. The van der Waals surface area contributed by atoms with E-state index < -0.39 is 0 Å². The molecule has 2 amide bonds. The lowest BCUT2D eigenvalue weighted by molar-refractivity contribution is 0.160. The molecule has 0 aliphatic rings. The number of benzene rings is 1. The molecule has 0 saturated heterocycles. The van der Waals surface area contributed by atoms with Crippen molar-refractivity contribution in [2.24, 2.45) is 0 Å². The molecule has 0 saturated carbocycles. The molecule has 0 bridgehead atoms. The van der Waals surface area contributed by atoms with Crippen molar-refractivity contribution >= 4 is 11.7 Å². The summed E-state index contributed by atoms with van der Waals surface area (Å²) in [7, 11) is 3.74. The summed E-state index contributed by atoms with van der Waals surface area (Å²) < 4.78 is 6.92. The summed E-state index contributed by atoms with van der Waals surface area (Å²) in [6.45, 7) is 7.12. The van der Waals surface area contributed by atoms with Crippen LogP contribution in [0.4, 0.5) is 10.5 Å². The molecule has 1 heterocycles. The molecule has 7 nitrogen and oxygen atoms in total. The summed E-state index contributed by atoms with van der Waals surface area (Å²) in [5.41, 5.74) is 3.69. The Labute approximate surface area is 155 Å². The highest BCUT2D eigenvalue weighted by atomic mass is 16.5. The van der Waals surface area contributed by atoms with E-state index in [1.54, 1.807) is 7.11 Å². The minimum atomic E-state index is -0.199. The number of ether oxygens (including phenoxy) is 1. The molecule has 0 aliphatic carbocycles. The lowest BCUT2D eigenvalue weighted by Gasteiger charge is -2.16. The number of anilines is 1. The molecule has 2 rings (SSSR count). The van der Waals surface area contributed by atoms with E-state index in [2.05, 4.69) is 20.6 Å². The van der Waals surface area contributed by atoms with Crippen molar-refractivity contribution in [3.05, 3.63) is 41.7 Å². The largest absolute Gasteiger partial charge is 0.383 e. The number of hydrogen-bond acceptors (Lipinski definition) is 4. The van der Waals surface area contributed by atoms with Crippen molar-refractivity contribution in [1.29, 1.82) is 0 Å². The SMILES string of the molecule is COCCN(C)CCCNC(=O)Nc1cccc(-n2nc(C)cc2C)c1. The Morgan fingerprint density at radius 3 is 2.77 bits per heavy atom. The molecule has 1 aromatic heterocycles. The molecular formula is C19H29N5O2. The first-order chi connectivity index (χ1) is 12.5. The Bertz CT molecular complexity index is 714. The lowest BCUT2D eigenvalue weighted by Crippen LogP contribution is -2.32. The minimum absolute atomic E-state index is 0.199. The summed E-state index contributed by atoms with van der Waals surface area (Å²) in [5, 5.41) is 10.2. The van der Waals surface area contributed by atoms with Gasteiger partial charge >= 0.3 is 6.03 Å². The Balaban J connectivity index is 1.80. The number of nitrogens with one attached hydrogen (secondary N) is 2. The molecule has 0 aliphatic heterocycles. The van der Waals surface area contributed by atoms with Crippen molar-refractivity contribution in [2.45, 2.75) is 20.3 Å². The van der Waals surface area contributed by atoms with Gasteiger partial charge in [0.05, 0.1) is 18.0 Å². The fraction of sp³-hybridized carbons (Fsp3) is 0.474. The van der Waals surface area contributed by atoms with Crippen molar-refractivity contribution in [3.63, 3.8) is 0 Å². The number of nitrogens with zero attached hydrogens (tertiary/aromatic N) is 3. The molecule has 0 fully saturated rings. The van der Waals surface area contributed by atoms with Gasteiger partial charge in [0.25, 0.3) is 0 Å². The number of amides is 2. The van der Waals surface area contributed by atoms with Crippen LogP contribution in [0.15, 0.2) is 30.3 Å². The number of urea groups is 1. The van der Waals surface area contributed by atoms with Gasteiger partial charge in [-0.05, 0) is 58.1 Å². The fourth-order valence-corrected chi connectivity index (χ4v) is 2.69. The maximum Gasteiger partial charge on any atom is 0.319 e. The van der Waals surface area contributed by atoms with Gasteiger partial charge in [-0.1, -0.05) is 6.07 Å². The number of aryl methyl sites for hydroxylation is 2. The molecule has 1 aromatic carbocycles. The first-order valence-electron chi connectivity index (χ1n) is 8.85. The third-order valence-corrected chi connectivity index (χ3v) is 4.04. The van der Waals surface area contributed by atoms with Crippen LogP contribution in [0.3, 0.4) is 0 Å². The van der Waals surface area contributed by atoms with E-state index in [0.717, 1.165) is 48.9 Å². The molecule has 0 atom stereocenters. The number of aromatic nitrogens is 2. The zero-order valence-corrected chi connectivity index (χ0v) is 16.1. The van der Waals surface area contributed by atoms with E-state index in [9.17, 15) is 4.79 Å². The van der Waals surface area contributed by atoms with Crippen LogP contribution >= 0.6 is 0 Å². The van der Waals surface area contributed by atoms with Gasteiger partial charge in [-0.3, -0.25) is 0 Å². The molecule has 0 radical (unpaired) electrons. The van der Waals surface area contributed by atoms with Crippen molar-refractivity contribution < 1.29 is 9.53 Å². The average Bonchev–Trinajstić information content (AvgIpc) is 2.95. The monoisotopic (exact) mass is 359 g/mol. The Kier molecular flexibility index (Phi) is 7.62. The first-order valence-corrected chi connectivity index (χ1v) is 8.85. The van der Waals surface area contributed by atoms with Crippen LogP contribution in [0.25, 0.3) is 5.69 Å². The van der Waals surface area contributed by atoms with Crippen molar-refractivity contribution in [3.8, 4) is 5.69 Å². The predicted molar refractivity (Wildman–Crippen MR) is 104 cm³/mol. The van der Waals surface area contributed by atoms with Crippen molar-refractivity contribution in [1.82, 2.24) is 20.0 Å². The molecule has 0 spiro atoms. The van der Waals surface area contributed by atoms with Gasteiger partial charge in [0.15, 0.2) is 0 Å². The second-order valence-corrected chi connectivity index (χ2v) is 6.42. The van der Waals surface area contributed by atoms with E-state index in [4.69, 9.17) is 4.74 Å². The highest BCUT2D eigenvalue weighted by Crippen LogP contribution is 2.16. The molecule has 142 valence electrons. The van der Waals surface area contributed by atoms with Gasteiger partial charge in [-0.15, -0.1) is 0 Å². The van der Waals surface area contributed by atoms with Crippen LogP contribution in [0, 0.1) is 13.8 Å². The van der Waals surface area contributed by atoms with Gasteiger partial charge in [0, 0.05) is 31.6 Å². The summed E-state index contributed by atoms with van der Waals surface area (Å²) in [4.78, 5) is 14.3. The summed E-state index contributed by atoms with van der Waals surface area (Å²) in [5.74, 6) is 0. The zero-order chi connectivity index (χ0) is 18.9. The highest BCUT2D eigenvalue weighted by molar-refractivity contribution is 5.89. The third-order valence-electron chi connectivity index (χ3n) is 4.04. The number of rotatable bonds is 9. The maximum atomic E-state index is 12.1. The Morgan fingerprint density at radius 2 is 2.08 bits per heavy atom. The molecule has 2 aromatic rings. The van der Waals surface area contributed by atoms with E-state index in [-0.39, 0.29) is 6.03 Å². The van der Waals surface area contributed by atoms with Crippen LogP contribution in [0.1, 0.15) is 17.8 Å². The molecule has 2 N–H and O–H groups in total. The van der Waals surface area contributed by atoms with E-state index in [1.807, 2.05) is 55.9 Å². The highest BCUT2D eigenvalue weighted by Gasteiger charge is 2.06. The quantitative estimate of drug-likeness (QED) is 0.675. The predicted octanol–water partition coefficient (Wildman–Crippen LogP) is 2.58. The summed E-state index contributed by atoms with van der Waals surface area (Å²) >= 11 is 0. The van der Waals surface area contributed by atoms with Gasteiger partial charge in [-0.2, -0.15) is 5.10 Å². The number of carbonyl (C=O) groups excluding carboxylic acids is 1. The average molecular weight is 359 g/mol. The Hall–Kier alpha value is -2.38. The molecular weight excluding hydrogens is 330 g/mol. The van der Waals surface area contributed by atoms with E-state index in [1.165, 1.54) is 0 Å². The van der Waals surface area contributed by atoms with Crippen LogP contribution in [0.5, 0.6) is 0 Å². The molecule has 26 heavy (non-hydrogen) atoms. The lowest BCUT2D eigenvalue weighted by atomic mass is 10.2. The number of methoxy groups -OCH3 is 1. The van der Waals surface area contributed by atoms with Gasteiger partial charge < -0.3 is 20.3 Å². The zero-order valence-electron chi connectivity index (χ0n) is 16.1. The van der Waals surface area contributed by atoms with Gasteiger partial charge in [0.1, 0.15) is 0 Å². The van der Waals surface area contributed by atoms with Crippen LogP contribution in [0.2, 0.25) is 0 Å². The maximum absolute atomic E-state index is 12.1. The third kappa shape index (κ3) is 6.16. The number of hydrogen-bond donors (Lipinski definition) is 2. The van der Waals surface area contributed by atoms with Gasteiger partial charge in [0.2, 0.25) is 0 Å². The van der Waals surface area contributed by atoms with Crippen LogP contribution in [-0.2, 0) is 4.74 Å². The van der Waals surface area contributed by atoms with Crippen molar-refractivity contribution in [2.75, 3.05) is 45.7 Å². The topological polar surface area (TPSA) is 71.4 Å². The second kappa shape index (κ2) is 9.94. The molecule has 7 heteroatoms. The fourth-order valence-electron chi connectivity index (χ4n) is 2.69. The van der Waals surface area contributed by atoms with Crippen LogP contribution in [-0.4, -0.2) is 61.1 Å². The normalized spacial score (nSPS) is 11.0.